The van der Waals surface area contributed by atoms with E-state index in [9.17, 15) is 9.59 Å². The zero-order chi connectivity index (χ0) is 15.2. The van der Waals surface area contributed by atoms with Gasteiger partial charge in [-0.1, -0.05) is 28.8 Å². The molecule has 2 fully saturated rings. The van der Waals surface area contributed by atoms with Crippen LogP contribution >= 0.6 is 15.9 Å². The zero-order valence-corrected chi connectivity index (χ0v) is 13.9. The first-order chi connectivity index (χ1) is 9.93. The highest BCUT2D eigenvalue weighted by molar-refractivity contribution is 9.10. The third kappa shape index (κ3) is 2.37. The van der Waals surface area contributed by atoms with Crippen LogP contribution in [0.3, 0.4) is 0 Å². The van der Waals surface area contributed by atoms with Crippen molar-refractivity contribution in [1.82, 2.24) is 5.32 Å². The van der Waals surface area contributed by atoms with Gasteiger partial charge >= 0.3 is 0 Å². The molecule has 1 atom stereocenters. The summed E-state index contributed by atoms with van der Waals surface area (Å²) in [7, 11) is 0. The minimum atomic E-state index is -0.681. The van der Waals surface area contributed by atoms with Crippen LogP contribution in [0.15, 0.2) is 22.7 Å². The van der Waals surface area contributed by atoms with E-state index in [1.165, 1.54) is 0 Å². The lowest BCUT2D eigenvalue weighted by Gasteiger charge is -2.43. The van der Waals surface area contributed by atoms with Gasteiger partial charge in [-0.2, -0.15) is 0 Å². The molecule has 112 valence electrons. The Bertz CT molecular complexity index is 588. The van der Waals surface area contributed by atoms with Crippen molar-refractivity contribution in [1.29, 1.82) is 0 Å². The van der Waals surface area contributed by atoms with Gasteiger partial charge in [-0.25, -0.2) is 0 Å². The molecule has 1 N–H and O–H groups in total. The fourth-order valence-electron chi connectivity index (χ4n) is 3.43. The fourth-order valence-corrected chi connectivity index (χ4v) is 4.03. The number of nitrogens with one attached hydrogen (secondary N) is 1. The van der Waals surface area contributed by atoms with E-state index in [4.69, 9.17) is 0 Å². The van der Waals surface area contributed by atoms with Gasteiger partial charge < -0.3 is 5.32 Å². The van der Waals surface area contributed by atoms with E-state index in [-0.39, 0.29) is 11.8 Å². The molecule has 3 rings (SSSR count). The molecule has 1 saturated heterocycles. The standard InChI is InChI=1S/C16H19BrN2O2/c1-10-7-12(17)9-13(8-10)19-11(2)14(20)18-16(15(19)21)5-3-4-6-16/h7-9,11H,3-6H2,1-2H3,(H,18,20). The molecule has 2 amide bonds. The maximum Gasteiger partial charge on any atom is 0.253 e. The van der Waals surface area contributed by atoms with Crippen LogP contribution in [0.1, 0.15) is 38.2 Å². The van der Waals surface area contributed by atoms with E-state index in [0.29, 0.717) is 0 Å². The second-order valence-corrected chi connectivity index (χ2v) is 7.03. The first kappa shape index (κ1) is 14.6. The second kappa shape index (κ2) is 5.13. The Morgan fingerprint density at radius 3 is 2.52 bits per heavy atom. The third-order valence-electron chi connectivity index (χ3n) is 4.52. The second-order valence-electron chi connectivity index (χ2n) is 6.12. The van der Waals surface area contributed by atoms with Gasteiger partial charge in [0.05, 0.1) is 0 Å². The van der Waals surface area contributed by atoms with Gasteiger partial charge in [0.1, 0.15) is 11.6 Å². The molecule has 0 aromatic heterocycles. The fraction of sp³-hybridized carbons (Fsp3) is 0.500. The number of hydrogen-bond acceptors (Lipinski definition) is 2. The Morgan fingerprint density at radius 1 is 1.24 bits per heavy atom. The van der Waals surface area contributed by atoms with Crippen LogP contribution in [0, 0.1) is 6.92 Å². The van der Waals surface area contributed by atoms with Crippen molar-refractivity contribution in [2.75, 3.05) is 4.90 Å². The van der Waals surface area contributed by atoms with Crippen molar-refractivity contribution in [2.45, 2.75) is 51.1 Å². The number of benzene rings is 1. The van der Waals surface area contributed by atoms with E-state index < -0.39 is 11.6 Å². The van der Waals surface area contributed by atoms with Crippen molar-refractivity contribution in [2.24, 2.45) is 0 Å². The van der Waals surface area contributed by atoms with Gasteiger partial charge in [-0.15, -0.1) is 0 Å². The highest BCUT2D eigenvalue weighted by atomic mass is 79.9. The number of amides is 2. The Morgan fingerprint density at radius 2 is 1.90 bits per heavy atom. The summed E-state index contributed by atoms with van der Waals surface area (Å²) >= 11 is 3.47. The molecule has 1 spiro atoms. The quantitative estimate of drug-likeness (QED) is 0.846. The molecule has 1 unspecified atom stereocenters. The topological polar surface area (TPSA) is 49.4 Å². The van der Waals surface area contributed by atoms with E-state index in [1.807, 2.05) is 25.1 Å². The van der Waals surface area contributed by atoms with Crippen molar-refractivity contribution in [3.05, 3.63) is 28.2 Å². The molecule has 5 heteroatoms. The molecule has 1 aromatic carbocycles. The monoisotopic (exact) mass is 350 g/mol. The van der Waals surface area contributed by atoms with Gasteiger partial charge in [0, 0.05) is 10.2 Å². The molecule has 0 bridgehead atoms. The summed E-state index contributed by atoms with van der Waals surface area (Å²) in [5, 5.41) is 2.98. The lowest BCUT2D eigenvalue weighted by atomic mass is 9.90. The summed E-state index contributed by atoms with van der Waals surface area (Å²) in [4.78, 5) is 27.0. The first-order valence-corrected chi connectivity index (χ1v) is 8.15. The number of anilines is 1. The largest absolute Gasteiger partial charge is 0.340 e. The molecule has 2 aliphatic rings. The number of hydrogen-bond donors (Lipinski definition) is 1. The van der Waals surface area contributed by atoms with Gasteiger partial charge in [0.2, 0.25) is 5.91 Å². The van der Waals surface area contributed by atoms with Gasteiger partial charge in [-0.05, 0) is 50.5 Å². The summed E-state index contributed by atoms with van der Waals surface area (Å²) in [6.07, 6.45) is 3.47. The molecule has 1 aliphatic heterocycles. The minimum Gasteiger partial charge on any atom is -0.340 e. The maximum atomic E-state index is 13.0. The summed E-state index contributed by atoms with van der Waals surface area (Å²) in [5.41, 5.74) is 1.17. The lowest BCUT2D eigenvalue weighted by Crippen LogP contribution is -2.69. The highest BCUT2D eigenvalue weighted by Gasteiger charge is 2.51. The van der Waals surface area contributed by atoms with E-state index in [0.717, 1.165) is 41.4 Å². The highest BCUT2D eigenvalue weighted by Crippen LogP contribution is 2.37. The number of aryl methyl sites for hydroxylation is 1. The predicted molar refractivity (Wildman–Crippen MR) is 85.2 cm³/mol. The maximum absolute atomic E-state index is 13.0. The average molecular weight is 351 g/mol. The Labute approximate surface area is 133 Å². The van der Waals surface area contributed by atoms with Crippen LogP contribution in [0.5, 0.6) is 0 Å². The number of nitrogens with zero attached hydrogens (tertiary/aromatic N) is 1. The summed E-state index contributed by atoms with van der Waals surface area (Å²) in [5.74, 6) is -0.0290. The Hall–Kier alpha value is -1.36. The molecule has 1 aliphatic carbocycles. The van der Waals surface area contributed by atoms with E-state index in [2.05, 4.69) is 21.2 Å². The first-order valence-electron chi connectivity index (χ1n) is 7.36. The summed E-state index contributed by atoms with van der Waals surface area (Å²) < 4.78 is 0.920. The number of rotatable bonds is 1. The summed E-state index contributed by atoms with van der Waals surface area (Å²) in [6, 6.07) is 5.38. The summed E-state index contributed by atoms with van der Waals surface area (Å²) in [6.45, 7) is 3.77. The number of halogens is 1. The van der Waals surface area contributed by atoms with Crippen LogP contribution in [0.4, 0.5) is 5.69 Å². The molecule has 21 heavy (non-hydrogen) atoms. The van der Waals surface area contributed by atoms with Gasteiger partial charge in [0.15, 0.2) is 0 Å². The van der Waals surface area contributed by atoms with Crippen molar-refractivity contribution in [3.63, 3.8) is 0 Å². The van der Waals surface area contributed by atoms with E-state index >= 15 is 0 Å². The van der Waals surface area contributed by atoms with Crippen LogP contribution in [-0.2, 0) is 9.59 Å². The zero-order valence-electron chi connectivity index (χ0n) is 12.3. The van der Waals surface area contributed by atoms with Crippen molar-refractivity contribution < 1.29 is 9.59 Å². The van der Waals surface area contributed by atoms with E-state index in [1.54, 1.807) is 11.8 Å². The molecule has 4 nitrogen and oxygen atoms in total. The predicted octanol–water partition coefficient (Wildman–Crippen LogP) is 2.92. The molecular weight excluding hydrogens is 332 g/mol. The Kier molecular flexibility index (Phi) is 3.56. The average Bonchev–Trinajstić information content (AvgIpc) is 2.85. The molecule has 0 radical (unpaired) electrons. The SMILES string of the molecule is Cc1cc(Br)cc(N2C(=O)C3(CCCC3)NC(=O)C2C)c1. The van der Waals surface area contributed by atoms with Gasteiger partial charge in [-0.3, -0.25) is 14.5 Å². The molecule has 1 saturated carbocycles. The van der Waals surface area contributed by atoms with Crippen LogP contribution in [0.2, 0.25) is 0 Å². The smallest absolute Gasteiger partial charge is 0.253 e. The van der Waals surface area contributed by atoms with Gasteiger partial charge in [0.25, 0.3) is 5.91 Å². The molecular formula is C16H19BrN2O2. The minimum absolute atomic E-state index is 0.0320. The van der Waals surface area contributed by atoms with Crippen LogP contribution in [0.25, 0.3) is 0 Å². The normalized spacial score (nSPS) is 24.5. The van der Waals surface area contributed by atoms with Crippen molar-refractivity contribution in [3.8, 4) is 0 Å². The number of piperazine rings is 1. The Balaban J connectivity index is 2.05. The molecule has 1 aromatic rings. The lowest BCUT2D eigenvalue weighted by molar-refractivity contribution is -0.137. The number of carbonyl (C=O) groups is 2. The molecule has 1 heterocycles. The van der Waals surface area contributed by atoms with Crippen LogP contribution < -0.4 is 10.2 Å². The van der Waals surface area contributed by atoms with Crippen LogP contribution in [-0.4, -0.2) is 23.4 Å². The number of carbonyl (C=O) groups excluding carboxylic acids is 2. The third-order valence-corrected chi connectivity index (χ3v) is 4.98. The van der Waals surface area contributed by atoms with Crippen molar-refractivity contribution >= 4 is 33.4 Å².